The third-order valence-electron chi connectivity index (χ3n) is 2.16. The molecule has 84 valence electrons. The maximum absolute atomic E-state index is 10.7. The van der Waals surface area contributed by atoms with Crippen molar-refractivity contribution in [3.63, 3.8) is 0 Å². The zero-order valence-corrected chi connectivity index (χ0v) is 9.22. The Bertz CT molecular complexity index is 628. The highest BCUT2D eigenvalue weighted by Gasteiger charge is 2.11. The second-order valence-electron chi connectivity index (χ2n) is 3.21. The van der Waals surface area contributed by atoms with Gasteiger partial charge in [0.15, 0.2) is 5.82 Å². The van der Waals surface area contributed by atoms with Crippen molar-refractivity contribution in [2.45, 2.75) is 0 Å². The Morgan fingerprint density at radius 2 is 2.35 bits per heavy atom. The Hall–Kier alpha value is -2.32. The fraction of sp³-hybridized carbons (Fsp3) is 0. The number of rotatable bonds is 2. The van der Waals surface area contributed by atoms with Crippen molar-refractivity contribution in [3.8, 4) is 11.9 Å². The fourth-order valence-corrected chi connectivity index (χ4v) is 1.64. The topological polar surface area (TPSA) is 78.9 Å². The van der Waals surface area contributed by atoms with Gasteiger partial charge >= 0.3 is 5.97 Å². The Balaban J connectivity index is 2.55. The summed E-state index contributed by atoms with van der Waals surface area (Å²) in [4.78, 5) is 14.7. The first-order valence-corrected chi connectivity index (χ1v) is 4.98. The number of pyridine rings is 1. The Morgan fingerprint density at radius 1 is 1.59 bits per heavy atom. The van der Waals surface area contributed by atoms with Gasteiger partial charge in [-0.3, -0.25) is 4.57 Å². The smallest absolute Gasteiger partial charge is 0.337 e. The zero-order chi connectivity index (χ0) is 12.4. The van der Waals surface area contributed by atoms with Gasteiger partial charge in [0.05, 0.1) is 10.6 Å². The molecular weight excluding hydrogens is 242 g/mol. The van der Waals surface area contributed by atoms with E-state index in [4.69, 9.17) is 22.0 Å². The van der Waals surface area contributed by atoms with Gasteiger partial charge in [0.2, 0.25) is 0 Å². The maximum atomic E-state index is 10.7. The summed E-state index contributed by atoms with van der Waals surface area (Å²) < 4.78 is 1.49. The van der Waals surface area contributed by atoms with E-state index in [1.807, 2.05) is 6.07 Å². The molecule has 0 aliphatic rings. The van der Waals surface area contributed by atoms with E-state index in [9.17, 15) is 4.79 Å². The SMILES string of the molecule is N#Cc1cccn1-c1ncc(C(=O)O)cc1Cl. The lowest BCUT2D eigenvalue weighted by Gasteiger charge is -2.06. The first-order chi connectivity index (χ1) is 8.13. The summed E-state index contributed by atoms with van der Waals surface area (Å²) in [6, 6.07) is 6.58. The highest BCUT2D eigenvalue weighted by Crippen LogP contribution is 2.21. The van der Waals surface area contributed by atoms with E-state index < -0.39 is 5.97 Å². The molecule has 1 N–H and O–H groups in total. The van der Waals surface area contributed by atoms with Gasteiger partial charge in [-0.25, -0.2) is 9.78 Å². The summed E-state index contributed by atoms with van der Waals surface area (Å²) in [6.45, 7) is 0. The molecule has 0 aliphatic heterocycles. The van der Waals surface area contributed by atoms with Gasteiger partial charge in [0.25, 0.3) is 0 Å². The Kier molecular flexibility index (Phi) is 2.81. The van der Waals surface area contributed by atoms with E-state index in [2.05, 4.69) is 4.98 Å². The van der Waals surface area contributed by atoms with Crippen molar-refractivity contribution < 1.29 is 9.90 Å². The van der Waals surface area contributed by atoms with E-state index in [0.717, 1.165) is 0 Å². The van der Waals surface area contributed by atoms with Crippen molar-refractivity contribution in [3.05, 3.63) is 46.9 Å². The molecule has 0 unspecified atom stereocenters. The van der Waals surface area contributed by atoms with Gasteiger partial charge in [-0.1, -0.05) is 11.6 Å². The lowest BCUT2D eigenvalue weighted by molar-refractivity contribution is 0.0696. The van der Waals surface area contributed by atoms with Crippen molar-refractivity contribution in [2.24, 2.45) is 0 Å². The van der Waals surface area contributed by atoms with E-state index in [1.165, 1.54) is 16.8 Å². The predicted octanol–water partition coefficient (Wildman–Crippen LogP) is 2.10. The number of halogens is 1. The molecule has 5 nitrogen and oxygen atoms in total. The number of carboxylic acid groups (broad SMARTS) is 1. The first-order valence-electron chi connectivity index (χ1n) is 4.60. The minimum absolute atomic E-state index is 0.00409. The van der Waals surface area contributed by atoms with Gasteiger partial charge in [0, 0.05) is 12.4 Å². The summed E-state index contributed by atoms with van der Waals surface area (Å²) in [5, 5.41) is 17.8. The summed E-state index contributed by atoms with van der Waals surface area (Å²) in [5.41, 5.74) is 0.381. The third-order valence-corrected chi connectivity index (χ3v) is 2.44. The van der Waals surface area contributed by atoms with Crippen LogP contribution >= 0.6 is 11.6 Å². The van der Waals surface area contributed by atoms with Crippen LogP contribution in [0.4, 0.5) is 0 Å². The molecule has 0 atom stereocenters. The molecule has 0 saturated carbocycles. The van der Waals surface area contributed by atoms with Crippen LogP contribution in [-0.2, 0) is 0 Å². The Labute approximate surface area is 102 Å². The van der Waals surface area contributed by atoms with Gasteiger partial charge in [-0.05, 0) is 18.2 Å². The van der Waals surface area contributed by atoms with Crippen LogP contribution in [0.2, 0.25) is 5.02 Å². The molecule has 2 heterocycles. The Morgan fingerprint density at radius 3 is 2.94 bits per heavy atom. The molecule has 0 fully saturated rings. The van der Waals surface area contributed by atoms with Crippen molar-refractivity contribution in [2.75, 3.05) is 0 Å². The first kappa shape index (κ1) is 11.2. The van der Waals surface area contributed by atoms with Gasteiger partial charge in [0.1, 0.15) is 11.8 Å². The molecule has 0 saturated heterocycles. The third kappa shape index (κ3) is 1.98. The molecule has 0 bridgehead atoms. The zero-order valence-electron chi connectivity index (χ0n) is 8.46. The number of nitriles is 1. The normalized spacial score (nSPS) is 9.88. The lowest BCUT2D eigenvalue weighted by Crippen LogP contribution is -2.03. The average molecular weight is 248 g/mol. The lowest BCUT2D eigenvalue weighted by atomic mass is 10.3. The van der Waals surface area contributed by atoms with Crippen molar-refractivity contribution in [1.29, 1.82) is 5.26 Å². The molecule has 2 aromatic rings. The van der Waals surface area contributed by atoms with Crippen LogP contribution in [0.25, 0.3) is 5.82 Å². The number of aromatic carboxylic acids is 1. The fourth-order valence-electron chi connectivity index (χ4n) is 1.38. The van der Waals surface area contributed by atoms with E-state index in [0.29, 0.717) is 11.5 Å². The minimum Gasteiger partial charge on any atom is -0.478 e. The monoisotopic (exact) mass is 247 g/mol. The molecule has 0 aliphatic carbocycles. The van der Waals surface area contributed by atoms with Gasteiger partial charge in [-0.2, -0.15) is 5.26 Å². The molecule has 0 amide bonds. The molecular formula is C11H6ClN3O2. The summed E-state index contributed by atoms with van der Waals surface area (Å²) >= 11 is 5.94. The quantitative estimate of drug-likeness (QED) is 0.881. The van der Waals surface area contributed by atoms with Crippen LogP contribution in [0, 0.1) is 11.3 Å². The van der Waals surface area contributed by atoms with Crippen LogP contribution in [0.1, 0.15) is 16.1 Å². The molecule has 0 radical (unpaired) electrons. The van der Waals surface area contributed by atoms with Crippen LogP contribution in [0.3, 0.4) is 0 Å². The number of hydrogen-bond acceptors (Lipinski definition) is 3. The number of nitrogens with zero attached hydrogens (tertiary/aromatic N) is 3. The van der Waals surface area contributed by atoms with Crippen LogP contribution in [0.15, 0.2) is 30.6 Å². The molecule has 0 aromatic carbocycles. The average Bonchev–Trinajstić information content (AvgIpc) is 2.76. The van der Waals surface area contributed by atoms with E-state index in [-0.39, 0.29) is 10.6 Å². The molecule has 2 rings (SSSR count). The highest BCUT2D eigenvalue weighted by atomic mass is 35.5. The number of aromatic nitrogens is 2. The standard InChI is InChI=1S/C11H6ClN3O2/c12-9-4-7(11(16)17)6-14-10(9)15-3-1-2-8(15)5-13/h1-4,6H,(H,16,17). The van der Waals surface area contributed by atoms with Gasteiger partial charge < -0.3 is 5.11 Å². The second kappa shape index (κ2) is 4.28. The van der Waals surface area contributed by atoms with Crippen LogP contribution in [-0.4, -0.2) is 20.6 Å². The van der Waals surface area contributed by atoms with Crippen LogP contribution < -0.4 is 0 Å². The second-order valence-corrected chi connectivity index (χ2v) is 3.62. The summed E-state index contributed by atoms with van der Waals surface area (Å²) in [6.07, 6.45) is 2.83. The maximum Gasteiger partial charge on any atom is 0.337 e. The molecule has 2 aromatic heterocycles. The molecule has 0 spiro atoms. The predicted molar refractivity (Wildman–Crippen MR) is 60.2 cm³/mol. The minimum atomic E-state index is -1.10. The van der Waals surface area contributed by atoms with Crippen molar-refractivity contribution >= 4 is 17.6 Å². The largest absolute Gasteiger partial charge is 0.478 e. The molecule has 6 heteroatoms. The number of carboxylic acids is 1. The number of hydrogen-bond donors (Lipinski definition) is 1. The summed E-state index contributed by atoms with van der Waals surface area (Å²) in [7, 11) is 0. The summed E-state index contributed by atoms with van der Waals surface area (Å²) in [5.74, 6) is -0.767. The highest BCUT2D eigenvalue weighted by molar-refractivity contribution is 6.32. The van der Waals surface area contributed by atoms with E-state index >= 15 is 0 Å². The number of carbonyl (C=O) groups is 1. The molecule has 17 heavy (non-hydrogen) atoms. The van der Waals surface area contributed by atoms with Crippen molar-refractivity contribution in [1.82, 2.24) is 9.55 Å². The van der Waals surface area contributed by atoms with E-state index in [1.54, 1.807) is 18.3 Å². The van der Waals surface area contributed by atoms with Gasteiger partial charge in [-0.15, -0.1) is 0 Å². The van der Waals surface area contributed by atoms with Crippen LogP contribution in [0.5, 0.6) is 0 Å².